The Morgan fingerprint density at radius 2 is 2.21 bits per heavy atom. The van der Waals surface area contributed by atoms with Crippen LogP contribution in [0.1, 0.15) is 15.3 Å². The van der Waals surface area contributed by atoms with Crippen LogP contribution in [0.4, 0.5) is 0 Å². The second-order valence-corrected chi connectivity index (χ2v) is 5.35. The zero-order valence-electron chi connectivity index (χ0n) is 10.4. The van der Waals surface area contributed by atoms with E-state index >= 15 is 0 Å². The van der Waals surface area contributed by atoms with Gasteiger partial charge in [-0.05, 0) is 36.8 Å². The van der Waals surface area contributed by atoms with Gasteiger partial charge in [-0.3, -0.25) is 4.79 Å². The third kappa shape index (κ3) is 3.66. The minimum Gasteiger partial charge on any atom is -0.478 e. The van der Waals surface area contributed by atoms with Gasteiger partial charge in [0.25, 0.3) is 5.56 Å². The second kappa shape index (κ2) is 5.67. The molecule has 19 heavy (non-hydrogen) atoms. The van der Waals surface area contributed by atoms with Crippen molar-refractivity contribution < 1.29 is 9.90 Å². The fourth-order valence-electron chi connectivity index (χ4n) is 1.63. The van der Waals surface area contributed by atoms with Gasteiger partial charge < -0.3 is 9.67 Å². The predicted molar refractivity (Wildman–Crippen MR) is 75.5 cm³/mol. The Morgan fingerprint density at radius 3 is 2.89 bits per heavy atom. The lowest BCUT2D eigenvalue weighted by atomic mass is 10.3. The first-order valence-electron chi connectivity index (χ1n) is 5.71. The van der Waals surface area contributed by atoms with Crippen molar-refractivity contribution >= 4 is 23.4 Å². The fourth-order valence-corrected chi connectivity index (χ4v) is 2.54. The van der Waals surface area contributed by atoms with Crippen LogP contribution in [0, 0.1) is 6.92 Å². The summed E-state index contributed by atoms with van der Waals surface area (Å²) in [5.74, 6) is -0.968. The van der Waals surface area contributed by atoms with Crippen LogP contribution in [0.2, 0.25) is 0 Å². The monoisotopic (exact) mass is 275 g/mol. The van der Waals surface area contributed by atoms with Gasteiger partial charge in [0.15, 0.2) is 0 Å². The molecule has 0 aromatic carbocycles. The largest absolute Gasteiger partial charge is 0.478 e. The van der Waals surface area contributed by atoms with Gasteiger partial charge in [-0.15, -0.1) is 11.3 Å². The molecule has 2 rings (SSSR count). The molecule has 98 valence electrons. The Kier molecular flexibility index (Phi) is 3.97. The number of carbonyl (C=O) groups is 1. The van der Waals surface area contributed by atoms with Crippen LogP contribution in [-0.4, -0.2) is 15.6 Å². The number of rotatable bonds is 4. The third-order valence-corrected chi connectivity index (χ3v) is 3.59. The number of aryl methyl sites for hydroxylation is 1. The van der Waals surface area contributed by atoms with Crippen molar-refractivity contribution in [1.29, 1.82) is 0 Å². The Balaban J connectivity index is 2.16. The van der Waals surface area contributed by atoms with Gasteiger partial charge in [-0.25, -0.2) is 4.79 Å². The number of nitrogens with zero attached hydrogens (tertiary/aromatic N) is 1. The number of aromatic nitrogens is 1. The van der Waals surface area contributed by atoms with Crippen molar-refractivity contribution in [3.8, 4) is 0 Å². The van der Waals surface area contributed by atoms with Crippen molar-refractivity contribution in [1.82, 2.24) is 4.57 Å². The van der Waals surface area contributed by atoms with Crippen LogP contribution in [0.15, 0.2) is 41.3 Å². The lowest BCUT2D eigenvalue weighted by Gasteiger charge is -2.03. The first-order chi connectivity index (χ1) is 9.04. The van der Waals surface area contributed by atoms with Gasteiger partial charge in [0.2, 0.25) is 0 Å². The number of thiophene rings is 1. The highest BCUT2D eigenvalue weighted by molar-refractivity contribution is 7.12. The molecule has 0 amide bonds. The number of pyridine rings is 1. The molecule has 1 N–H and O–H groups in total. The maximum absolute atomic E-state index is 11.7. The van der Waals surface area contributed by atoms with Crippen LogP contribution >= 0.6 is 11.3 Å². The van der Waals surface area contributed by atoms with Crippen molar-refractivity contribution in [2.75, 3.05) is 0 Å². The molecule has 2 aromatic rings. The molecule has 0 spiro atoms. The molecule has 5 heteroatoms. The van der Waals surface area contributed by atoms with Crippen LogP contribution in [-0.2, 0) is 11.3 Å². The average Bonchev–Trinajstić information content (AvgIpc) is 2.78. The van der Waals surface area contributed by atoms with E-state index in [4.69, 9.17) is 5.11 Å². The first-order valence-corrected chi connectivity index (χ1v) is 6.53. The number of hydrogen-bond donors (Lipinski definition) is 1. The average molecular weight is 275 g/mol. The summed E-state index contributed by atoms with van der Waals surface area (Å²) in [5, 5.41) is 8.55. The van der Waals surface area contributed by atoms with Gasteiger partial charge in [0, 0.05) is 28.1 Å². The van der Waals surface area contributed by atoms with Gasteiger partial charge in [-0.2, -0.15) is 0 Å². The molecule has 0 unspecified atom stereocenters. The molecule has 0 fully saturated rings. The van der Waals surface area contributed by atoms with E-state index in [9.17, 15) is 9.59 Å². The summed E-state index contributed by atoms with van der Waals surface area (Å²) in [7, 11) is 0. The molecule has 0 radical (unpaired) electrons. The molecule has 2 aromatic heterocycles. The summed E-state index contributed by atoms with van der Waals surface area (Å²) in [6.45, 7) is 2.39. The van der Waals surface area contributed by atoms with Gasteiger partial charge in [0.05, 0.1) is 6.54 Å². The highest BCUT2D eigenvalue weighted by atomic mass is 32.1. The zero-order chi connectivity index (χ0) is 13.8. The van der Waals surface area contributed by atoms with E-state index in [2.05, 4.69) is 0 Å². The van der Waals surface area contributed by atoms with E-state index in [1.165, 1.54) is 11.3 Å². The van der Waals surface area contributed by atoms with Gasteiger partial charge in [-0.1, -0.05) is 0 Å². The molecule has 0 aliphatic carbocycles. The highest BCUT2D eigenvalue weighted by Crippen LogP contribution is 2.18. The lowest BCUT2D eigenvalue weighted by Crippen LogP contribution is -2.18. The molecule has 0 saturated heterocycles. The van der Waals surface area contributed by atoms with Crippen LogP contribution < -0.4 is 5.56 Å². The van der Waals surface area contributed by atoms with Crippen LogP contribution in [0.3, 0.4) is 0 Å². The molecule has 0 bridgehead atoms. The van der Waals surface area contributed by atoms with Gasteiger partial charge in [0.1, 0.15) is 0 Å². The molecular formula is C14H13NO3S. The number of carboxylic acid groups (broad SMARTS) is 1. The first kappa shape index (κ1) is 13.3. The molecule has 2 heterocycles. The summed E-state index contributed by atoms with van der Waals surface area (Å²) in [6.07, 6.45) is 4.42. The van der Waals surface area contributed by atoms with E-state index in [1.54, 1.807) is 22.9 Å². The molecular weight excluding hydrogens is 262 g/mol. The minimum atomic E-state index is -0.968. The van der Waals surface area contributed by atoms with E-state index in [-0.39, 0.29) is 5.56 Å². The zero-order valence-corrected chi connectivity index (χ0v) is 11.2. The molecule has 4 nitrogen and oxygen atoms in total. The summed E-state index contributed by atoms with van der Waals surface area (Å²) in [5.41, 5.74) is 0.911. The fraction of sp³-hybridized carbons (Fsp3) is 0.143. The van der Waals surface area contributed by atoms with E-state index in [0.29, 0.717) is 6.54 Å². The highest BCUT2D eigenvalue weighted by Gasteiger charge is 2.01. The smallest absolute Gasteiger partial charge is 0.328 e. The Hall–Kier alpha value is -2.14. The van der Waals surface area contributed by atoms with Gasteiger partial charge >= 0.3 is 5.97 Å². The third-order valence-electron chi connectivity index (χ3n) is 2.55. The predicted octanol–water partition coefficient (Wildman–Crippen LogP) is 2.36. The summed E-state index contributed by atoms with van der Waals surface area (Å²) >= 11 is 1.47. The number of carboxylic acids is 1. The van der Waals surface area contributed by atoms with Crippen LogP contribution in [0.25, 0.3) is 6.08 Å². The maximum atomic E-state index is 11.7. The molecule has 0 saturated carbocycles. The SMILES string of the molecule is Cc1ccn(Cc2ccc(/C=C/C(=O)O)s2)c(=O)c1. The van der Waals surface area contributed by atoms with Crippen molar-refractivity contribution in [2.45, 2.75) is 13.5 Å². The topological polar surface area (TPSA) is 59.3 Å². The lowest BCUT2D eigenvalue weighted by molar-refractivity contribution is -0.131. The van der Waals surface area contributed by atoms with Crippen LogP contribution in [0.5, 0.6) is 0 Å². The maximum Gasteiger partial charge on any atom is 0.328 e. The van der Waals surface area contributed by atoms with Crippen molar-refractivity contribution in [3.63, 3.8) is 0 Å². The summed E-state index contributed by atoms with van der Waals surface area (Å²) in [4.78, 5) is 24.0. The Labute approximate surface area is 114 Å². The second-order valence-electron chi connectivity index (χ2n) is 4.15. The van der Waals surface area contributed by atoms with E-state index in [0.717, 1.165) is 21.4 Å². The summed E-state index contributed by atoms with van der Waals surface area (Å²) in [6, 6.07) is 7.23. The standard InChI is InChI=1S/C14H13NO3S/c1-10-6-7-15(13(16)8-10)9-12-3-2-11(19-12)4-5-14(17)18/h2-8H,9H2,1H3,(H,17,18)/b5-4+. The van der Waals surface area contributed by atoms with Crippen molar-refractivity contribution in [2.24, 2.45) is 0 Å². The number of aliphatic carboxylic acids is 1. The molecule has 0 aliphatic heterocycles. The number of hydrogen-bond acceptors (Lipinski definition) is 3. The quantitative estimate of drug-likeness (QED) is 0.871. The van der Waals surface area contributed by atoms with E-state index in [1.807, 2.05) is 25.1 Å². The molecule has 0 aliphatic rings. The molecule has 0 atom stereocenters. The Bertz CT molecular complexity index is 682. The van der Waals surface area contributed by atoms with Crippen molar-refractivity contribution in [3.05, 3.63) is 62.2 Å². The summed E-state index contributed by atoms with van der Waals surface area (Å²) < 4.78 is 1.63. The Morgan fingerprint density at radius 1 is 1.42 bits per heavy atom. The minimum absolute atomic E-state index is 0.0315. The normalized spacial score (nSPS) is 11.0. The van der Waals surface area contributed by atoms with E-state index < -0.39 is 5.97 Å².